The quantitative estimate of drug-likeness (QED) is 0.517. The van der Waals surface area contributed by atoms with E-state index in [0.29, 0.717) is 28.7 Å². The molecule has 2 atom stereocenters. The fourth-order valence-corrected chi connectivity index (χ4v) is 5.52. The van der Waals surface area contributed by atoms with E-state index >= 15 is 0 Å². The van der Waals surface area contributed by atoms with Crippen molar-refractivity contribution in [2.45, 2.75) is 39.0 Å². The molecular formula is C19H21N4O5S+. The molecule has 1 aromatic carbocycles. The number of benzene rings is 1. The lowest BCUT2D eigenvalue weighted by atomic mass is 9.99. The van der Waals surface area contributed by atoms with Crippen LogP contribution in [0.3, 0.4) is 0 Å². The van der Waals surface area contributed by atoms with Crippen molar-refractivity contribution >= 4 is 27.9 Å². The van der Waals surface area contributed by atoms with Gasteiger partial charge in [-0.2, -0.15) is 0 Å². The van der Waals surface area contributed by atoms with Crippen LogP contribution in [0.25, 0.3) is 0 Å². The standard InChI is InChI=1S/C19H20N4O5S/c1-9(2)22-4-3-10-15(7-22)29-19-16(10)18(24)20-17(21-19)11-5-13-14(28-8-27-13)6-12(11)23(25)26/h5-6,9,17,21H,3-4,7-8H2,1-2H3,(H,20,24)/p+1/t17-/m1/s1. The van der Waals surface area contributed by atoms with Crippen LogP contribution in [0.5, 0.6) is 11.5 Å². The largest absolute Gasteiger partial charge is 0.454 e. The number of nitrogens with one attached hydrogen (secondary N) is 3. The molecule has 3 aliphatic rings. The fraction of sp³-hybridized carbons (Fsp3) is 0.421. The molecule has 9 nitrogen and oxygen atoms in total. The number of rotatable bonds is 3. The number of nitrogens with zero attached hydrogens (tertiary/aromatic N) is 1. The lowest BCUT2D eigenvalue weighted by Crippen LogP contribution is -3.14. The van der Waals surface area contributed by atoms with Gasteiger partial charge in [-0.25, -0.2) is 0 Å². The van der Waals surface area contributed by atoms with Gasteiger partial charge in [-0.1, -0.05) is 0 Å². The van der Waals surface area contributed by atoms with E-state index in [4.69, 9.17) is 9.47 Å². The van der Waals surface area contributed by atoms with Crippen molar-refractivity contribution in [2.75, 3.05) is 18.7 Å². The molecule has 29 heavy (non-hydrogen) atoms. The minimum atomic E-state index is -0.710. The molecule has 4 heterocycles. The van der Waals surface area contributed by atoms with Crippen molar-refractivity contribution in [3.8, 4) is 11.5 Å². The summed E-state index contributed by atoms with van der Waals surface area (Å²) in [5.41, 5.74) is 2.02. The maximum absolute atomic E-state index is 13.0. The monoisotopic (exact) mass is 417 g/mol. The van der Waals surface area contributed by atoms with Crippen molar-refractivity contribution in [3.05, 3.63) is 43.8 Å². The first kappa shape index (κ1) is 18.2. The van der Waals surface area contributed by atoms with Crippen LogP contribution in [0.4, 0.5) is 10.7 Å². The SMILES string of the molecule is CC(C)[NH+]1CCc2c(sc3c2C(=O)N[C@@H](c2cc4c(cc2[N+](=O)[O-])OCO4)N3)C1. The van der Waals surface area contributed by atoms with Gasteiger partial charge in [-0.15, -0.1) is 11.3 Å². The summed E-state index contributed by atoms with van der Waals surface area (Å²) in [5.74, 6) is 0.585. The summed E-state index contributed by atoms with van der Waals surface area (Å²) >= 11 is 1.58. The molecule has 10 heteroatoms. The number of carbonyl (C=O) groups is 1. The molecule has 0 aliphatic carbocycles. The molecule has 3 N–H and O–H groups in total. The Morgan fingerprint density at radius 3 is 2.76 bits per heavy atom. The summed E-state index contributed by atoms with van der Waals surface area (Å²) in [7, 11) is 0. The highest BCUT2D eigenvalue weighted by molar-refractivity contribution is 7.16. The third kappa shape index (κ3) is 2.90. The second-order valence-electron chi connectivity index (χ2n) is 7.77. The van der Waals surface area contributed by atoms with Gasteiger partial charge >= 0.3 is 0 Å². The van der Waals surface area contributed by atoms with Crippen molar-refractivity contribution in [3.63, 3.8) is 0 Å². The van der Waals surface area contributed by atoms with E-state index in [9.17, 15) is 14.9 Å². The van der Waals surface area contributed by atoms with Crippen LogP contribution in [-0.2, 0) is 13.0 Å². The van der Waals surface area contributed by atoms with Crippen molar-refractivity contribution < 1.29 is 24.1 Å². The highest BCUT2D eigenvalue weighted by Gasteiger charge is 2.37. The summed E-state index contributed by atoms with van der Waals surface area (Å²) in [6.45, 7) is 6.32. The number of thiophene rings is 1. The highest BCUT2D eigenvalue weighted by atomic mass is 32.1. The molecule has 0 spiro atoms. The van der Waals surface area contributed by atoms with Crippen LogP contribution in [0, 0.1) is 10.1 Å². The second-order valence-corrected chi connectivity index (χ2v) is 8.88. The van der Waals surface area contributed by atoms with E-state index in [2.05, 4.69) is 24.5 Å². The Labute approximate surface area is 170 Å². The lowest BCUT2D eigenvalue weighted by molar-refractivity contribution is -0.936. The first-order chi connectivity index (χ1) is 13.9. The number of fused-ring (bicyclic) bond motifs is 4. The molecule has 0 saturated carbocycles. The average molecular weight is 417 g/mol. The predicted molar refractivity (Wildman–Crippen MR) is 106 cm³/mol. The fourth-order valence-electron chi connectivity index (χ4n) is 4.20. The van der Waals surface area contributed by atoms with Crippen LogP contribution in [0.1, 0.15) is 46.4 Å². The van der Waals surface area contributed by atoms with E-state index in [1.807, 2.05) is 0 Å². The molecule has 1 unspecified atom stereocenters. The topological polar surface area (TPSA) is 107 Å². The Balaban J connectivity index is 1.52. The van der Waals surface area contributed by atoms with Crippen LogP contribution < -0.4 is 25.0 Å². The Morgan fingerprint density at radius 1 is 1.28 bits per heavy atom. The van der Waals surface area contributed by atoms with E-state index < -0.39 is 11.1 Å². The predicted octanol–water partition coefficient (Wildman–Crippen LogP) is 1.59. The molecule has 152 valence electrons. The van der Waals surface area contributed by atoms with Crippen molar-refractivity contribution in [1.82, 2.24) is 5.32 Å². The Morgan fingerprint density at radius 2 is 2.03 bits per heavy atom. The number of quaternary nitrogens is 1. The van der Waals surface area contributed by atoms with Gasteiger partial charge in [0.15, 0.2) is 11.5 Å². The first-order valence-electron chi connectivity index (χ1n) is 9.57. The van der Waals surface area contributed by atoms with Gasteiger partial charge in [0.05, 0.1) is 39.6 Å². The molecule has 3 aliphatic heterocycles. The zero-order valence-corrected chi connectivity index (χ0v) is 16.9. The van der Waals surface area contributed by atoms with Crippen LogP contribution in [0.2, 0.25) is 0 Å². The third-order valence-electron chi connectivity index (χ3n) is 5.80. The molecule has 0 fully saturated rings. The third-order valence-corrected chi connectivity index (χ3v) is 6.96. The zero-order chi connectivity index (χ0) is 20.3. The molecular weight excluding hydrogens is 396 g/mol. The Bertz CT molecular complexity index is 1030. The van der Waals surface area contributed by atoms with Gasteiger partial charge in [-0.3, -0.25) is 14.9 Å². The summed E-state index contributed by atoms with van der Waals surface area (Å²) in [6, 6.07) is 3.44. The van der Waals surface area contributed by atoms with Gasteiger partial charge in [0.2, 0.25) is 6.79 Å². The molecule has 0 radical (unpaired) electrons. The van der Waals surface area contributed by atoms with E-state index in [-0.39, 0.29) is 18.4 Å². The maximum atomic E-state index is 13.0. The summed E-state index contributed by atoms with van der Waals surface area (Å²) in [5, 5.41) is 18.6. The summed E-state index contributed by atoms with van der Waals surface area (Å²) in [6.07, 6.45) is 0.150. The van der Waals surface area contributed by atoms with Crippen LogP contribution in [-0.4, -0.2) is 30.2 Å². The van der Waals surface area contributed by atoms with Gasteiger partial charge in [0.25, 0.3) is 11.6 Å². The number of nitro benzene ring substituents is 1. The van der Waals surface area contributed by atoms with E-state index in [1.54, 1.807) is 17.4 Å². The average Bonchev–Trinajstić information content (AvgIpc) is 3.29. The molecule has 0 saturated heterocycles. The lowest BCUT2D eigenvalue weighted by Gasteiger charge is -2.28. The normalized spacial score (nSPS) is 22.0. The zero-order valence-electron chi connectivity index (χ0n) is 16.0. The van der Waals surface area contributed by atoms with Gasteiger partial charge in [-0.05, 0) is 25.5 Å². The number of hydrogen-bond acceptors (Lipinski definition) is 7. The van der Waals surface area contributed by atoms with E-state index in [1.165, 1.54) is 15.8 Å². The number of amides is 1. The molecule has 1 amide bonds. The number of carbonyl (C=O) groups excluding carboxylic acids is 1. The van der Waals surface area contributed by atoms with Crippen LogP contribution in [0.15, 0.2) is 12.1 Å². The van der Waals surface area contributed by atoms with Crippen LogP contribution >= 0.6 is 11.3 Å². The number of anilines is 1. The summed E-state index contributed by atoms with van der Waals surface area (Å²) < 4.78 is 10.6. The maximum Gasteiger partial charge on any atom is 0.280 e. The Hall–Kier alpha value is -2.85. The number of ether oxygens (including phenoxy) is 2. The number of nitro groups is 1. The smallest absolute Gasteiger partial charge is 0.280 e. The molecule has 2 aromatic rings. The van der Waals surface area contributed by atoms with Crippen molar-refractivity contribution in [1.29, 1.82) is 0 Å². The van der Waals surface area contributed by atoms with Gasteiger partial charge in [0.1, 0.15) is 17.7 Å². The van der Waals surface area contributed by atoms with Crippen molar-refractivity contribution in [2.24, 2.45) is 0 Å². The number of hydrogen-bond donors (Lipinski definition) is 3. The molecule has 0 bridgehead atoms. The molecule has 1 aromatic heterocycles. The van der Waals surface area contributed by atoms with Gasteiger partial charge < -0.3 is 25.0 Å². The minimum absolute atomic E-state index is 0.0247. The molecule has 5 rings (SSSR count). The highest BCUT2D eigenvalue weighted by Crippen LogP contribution is 2.43. The van der Waals surface area contributed by atoms with E-state index in [0.717, 1.165) is 30.1 Å². The minimum Gasteiger partial charge on any atom is -0.454 e. The Kier molecular flexibility index (Phi) is 4.14. The van der Waals surface area contributed by atoms with Gasteiger partial charge in [0, 0.05) is 6.42 Å². The second kappa shape index (κ2) is 6.60. The first-order valence-corrected chi connectivity index (χ1v) is 10.4. The summed E-state index contributed by atoms with van der Waals surface area (Å²) in [4.78, 5) is 26.8.